The van der Waals surface area contributed by atoms with E-state index >= 15 is 0 Å². The Hall–Kier alpha value is -1.66. The van der Waals surface area contributed by atoms with E-state index in [1.54, 1.807) is 24.4 Å². The third-order valence-corrected chi connectivity index (χ3v) is 3.39. The summed E-state index contributed by atoms with van der Waals surface area (Å²) in [5, 5.41) is 0.0239. The Morgan fingerprint density at radius 1 is 1.37 bits per heavy atom. The minimum atomic E-state index is -0.556. The zero-order valence-corrected chi connectivity index (χ0v) is 11.8. The highest BCUT2D eigenvalue weighted by molar-refractivity contribution is 9.10. The molecule has 7 heteroatoms. The fourth-order valence-corrected chi connectivity index (χ4v) is 2.35. The molecule has 2 aromatic heterocycles. The van der Waals surface area contributed by atoms with Crippen molar-refractivity contribution in [3.63, 3.8) is 0 Å². The Morgan fingerprint density at radius 3 is 2.95 bits per heavy atom. The Bertz CT molecular complexity index is 787. The number of pyridine rings is 1. The van der Waals surface area contributed by atoms with E-state index in [9.17, 15) is 4.39 Å². The molecule has 0 atom stereocenters. The number of rotatable bonds is 1. The van der Waals surface area contributed by atoms with Crippen molar-refractivity contribution in [3.8, 4) is 5.69 Å². The van der Waals surface area contributed by atoms with Crippen LogP contribution in [-0.2, 0) is 0 Å². The number of aromatic nitrogens is 3. The lowest BCUT2D eigenvalue weighted by Gasteiger charge is -2.07. The number of imidazole rings is 1. The van der Waals surface area contributed by atoms with E-state index in [1.807, 2.05) is 0 Å². The monoisotopic (exact) mass is 340 g/mol. The van der Waals surface area contributed by atoms with Crippen LogP contribution in [0, 0.1) is 5.82 Å². The van der Waals surface area contributed by atoms with Crippen LogP contribution in [0.5, 0.6) is 0 Å². The Balaban J connectivity index is 2.36. The number of hydrogen-bond acceptors (Lipinski definition) is 3. The summed E-state index contributed by atoms with van der Waals surface area (Å²) in [6, 6.07) is 6.45. The summed E-state index contributed by atoms with van der Waals surface area (Å²) in [4.78, 5) is 8.37. The second-order valence-corrected chi connectivity index (χ2v) is 5.20. The first kappa shape index (κ1) is 12.4. The minimum Gasteiger partial charge on any atom is -0.369 e. The summed E-state index contributed by atoms with van der Waals surface area (Å²) in [5.74, 6) is -0.401. The molecule has 19 heavy (non-hydrogen) atoms. The molecule has 0 aliphatic heterocycles. The second-order valence-electron chi connectivity index (χ2n) is 3.87. The zero-order valence-electron chi connectivity index (χ0n) is 9.44. The predicted octanol–water partition coefficient (Wildman–Crippen LogP) is 3.56. The van der Waals surface area contributed by atoms with Crippen LogP contribution in [-0.4, -0.2) is 14.5 Å². The smallest absolute Gasteiger partial charge is 0.207 e. The molecule has 0 saturated heterocycles. The highest BCUT2D eigenvalue weighted by Gasteiger charge is 2.16. The molecule has 0 aliphatic rings. The molecule has 1 aromatic carbocycles. The Morgan fingerprint density at radius 2 is 2.16 bits per heavy atom. The third kappa shape index (κ3) is 1.97. The standard InChI is InChI=1S/C12H7BrClFN4/c13-6-4-8-11(17-5-6)19(12(16)18-8)9-3-1-2-7(14)10(9)15/h1-5H,(H2,16,18). The van der Waals surface area contributed by atoms with Crippen molar-refractivity contribution in [1.29, 1.82) is 0 Å². The molecule has 0 saturated carbocycles. The molecule has 3 rings (SSSR count). The SMILES string of the molecule is Nc1nc2cc(Br)cnc2n1-c1cccc(Cl)c1F. The molecular weight excluding hydrogens is 335 g/mol. The average molecular weight is 342 g/mol. The minimum absolute atomic E-state index is 0.0239. The van der Waals surface area contributed by atoms with Crippen molar-refractivity contribution >= 4 is 44.6 Å². The van der Waals surface area contributed by atoms with Gasteiger partial charge in [0.25, 0.3) is 0 Å². The molecule has 0 bridgehead atoms. The number of nitrogen functional groups attached to an aromatic ring is 1. The van der Waals surface area contributed by atoms with Gasteiger partial charge >= 0.3 is 0 Å². The first-order chi connectivity index (χ1) is 9.08. The number of benzene rings is 1. The van der Waals surface area contributed by atoms with Crippen LogP contribution in [0.15, 0.2) is 34.9 Å². The van der Waals surface area contributed by atoms with Gasteiger partial charge in [-0.2, -0.15) is 0 Å². The summed E-state index contributed by atoms with van der Waals surface area (Å²) in [6.45, 7) is 0. The number of anilines is 1. The lowest BCUT2D eigenvalue weighted by atomic mass is 10.3. The normalized spacial score (nSPS) is 11.1. The average Bonchev–Trinajstić information content (AvgIpc) is 2.68. The molecule has 0 radical (unpaired) electrons. The Labute approximate surface area is 121 Å². The molecule has 3 aromatic rings. The van der Waals surface area contributed by atoms with Crippen molar-refractivity contribution in [2.45, 2.75) is 0 Å². The van der Waals surface area contributed by atoms with Crippen LogP contribution < -0.4 is 5.73 Å². The summed E-state index contributed by atoms with van der Waals surface area (Å²) >= 11 is 9.08. The Kier molecular flexibility index (Phi) is 2.91. The van der Waals surface area contributed by atoms with Gasteiger partial charge in [-0.1, -0.05) is 17.7 Å². The predicted molar refractivity (Wildman–Crippen MR) is 75.9 cm³/mol. The molecule has 96 valence electrons. The lowest BCUT2D eigenvalue weighted by molar-refractivity contribution is 0.620. The molecule has 2 heterocycles. The van der Waals surface area contributed by atoms with Gasteiger partial charge in [0.2, 0.25) is 5.95 Å². The maximum Gasteiger partial charge on any atom is 0.207 e. The van der Waals surface area contributed by atoms with Gasteiger partial charge in [0.05, 0.1) is 10.7 Å². The quantitative estimate of drug-likeness (QED) is 0.736. The fourth-order valence-electron chi connectivity index (χ4n) is 1.86. The maximum atomic E-state index is 14.1. The number of hydrogen-bond donors (Lipinski definition) is 1. The zero-order chi connectivity index (χ0) is 13.6. The van der Waals surface area contributed by atoms with Gasteiger partial charge in [0.1, 0.15) is 5.52 Å². The van der Waals surface area contributed by atoms with Crippen LogP contribution in [0.3, 0.4) is 0 Å². The maximum absolute atomic E-state index is 14.1. The fraction of sp³-hybridized carbons (Fsp3) is 0. The topological polar surface area (TPSA) is 56.7 Å². The van der Waals surface area contributed by atoms with Crippen molar-refractivity contribution in [2.24, 2.45) is 0 Å². The second kappa shape index (κ2) is 4.47. The molecule has 0 aliphatic carbocycles. The summed E-state index contributed by atoms with van der Waals surface area (Å²) in [6.07, 6.45) is 1.60. The van der Waals surface area contributed by atoms with E-state index in [2.05, 4.69) is 25.9 Å². The molecule has 0 unspecified atom stereocenters. The van der Waals surface area contributed by atoms with E-state index in [-0.39, 0.29) is 16.7 Å². The van der Waals surface area contributed by atoms with Crippen molar-refractivity contribution in [2.75, 3.05) is 5.73 Å². The largest absolute Gasteiger partial charge is 0.369 e. The number of halogens is 3. The summed E-state index contributed by atoms with van der Waals surface area (Å²) < 4.78 is 16.3. The van der Waals surface area contributed by atoms with Crippen LogP contribution in [0.25, 0.3) is 16.9 Å². The van der Waals surface area contributed by atoms with E-state index in [0.717, 1.165) is 4.47 Å². The highest BCUT2D eigenvalue weighted by Crippen LogP contribution is 2.27. The van der Waals surface area contributed by atoms with Crippen molar-refractivity contribution < 1.29 is 4.39 Å². The van der Waals surface area contributed by atoms with E-state index in [0.29, 0.717) is 11.2 Å². The van der Waals surface area contributed by atoms with Crippen LogP contribution in [0.1, 0.15) is 0 Å². The van der Waals surface area contributed by atoms with Gasteiger partial charge in [-0.05, 0) is 34.1 Å². The van der Waals surface area contributed by atoms with Gasteiger partial charge in [0, 0.05) is 10.7 Å². The number of fused-ring (bicyclic) bond motifs is 1. The van der Waals surface area contributed by atoms with E-state index in [1.165, 1.54) is 10.6 Å². The van der Waals surface area contributed by atoms with Gasteiger partial charge in [0.15, 0.2) is 11.5 Å². The number of nitrogens with zero attached hydrogens (tertiary/aromatic N) is 3. The van der Waals surface area contributed by atoms with Crippen molar-refractivity contribution in [3.05, 3.63) is 45.8 Å². The lowest BCUT2D eigenvalue weighted by Crippen LogP contribution is -2.04. The highest BCUT2D eigenvalue weighted by atomic mass is 79.9. The molecule has 4 nitrogen and oxygen atoms in total. The van der Waals surface area contributed by atoms with Crippen LogP contribution in [0.2, 0.25) is 5.02 Å². The van der Waals surface area contributed by atoms with Crippen LogP contribution in [0.4, 0.5) is 10.3 Å². The van der Waals surface area contributed by atoms with E-state index < -0.39 is 5.82 Å². The van der Waals surface area contributed by atoms with Gasteiger partial charge < -0.3 is 5.73 Å². The van der Waals surface area contributed by atoms with Gasteiger partial charge in [-0.3, -0.25) is 4.57 Å². The molecular formula is C12H7BrClFN4. The molecule has 2 N–H and O–H groups in total. The number of nitrogens with two attached hydrogens (primary N) is 1. The molecule has 0 amide bonds. The third-order valence-electron chi connectivity index (χ3n) is 2.66. The summed E-state index contributed by atoms with van der Waals surface area (Å²) in [5.41, 5.74) is 7.11. The summed E-state index contributed by atoms with van der Waals surface area (Å²) in [7, 11) is 0. The van der Waals surface area contributed by atoms with Crippen molar-refractivity contribution in [1.82, 2.24) is 14.5 Å². The molecule has 0 fully saturated rings. The van der Waals surface area contributed by atoms with Gasteiger partial charge in [-0.25, -0.2) is 14.4 Å². The van der Waals surface area contributed by atoms with Crippen LogP contribution >= 0.6 is 27.5 Å². The first-order valence-electron chi connectivity index (χ1n) is 5.32. The van der Waals surface area contributed by atoms with E-state index in [4.69, 9.17) is 17.3 Å². The first-order valence-corrected chi connectivity index (χ1v) is 6.49. The molecule has 0 spiro atoms. The van der Waals surface area contributed by atoms with Gasteiger partial charge in [-0.15, -0.1) is 0 Å².